The summed E-state index contributed by atoms with van der Waals surface area (Å²) in [5, 5.41) is 2.56. The maximum atomic E-state index is 11.6. The van der Waals surface area contributed by atoms with Crippen LogP contribution in [0.3, 0.4) is 0 Å². The molecule has 2 rings (SSSR count). The zero-order valence-electron chi connectivity index (χ0n) is 9.86. The molecule has 0 spiro atoms. The largest absolute Gasteiger partial charge is 0.461 e. The van der Waals surface area contributed by atoms with E-state index in [2.05, 4.69) is 5.32 Å². The molecular weight excluding hydrogens is 238 g/mol. The van der Waals surface area contributed by atoms with Gasteiger partial charge in [-0.1, -0.05) is 6.92 Å². The van der Waals surface area contributed by atoms with Crippen molar-refractivity contribution in [2.24, 2.45) is 5.92 Å². The van der Waals surface area contributed by atoms with E-state index < -0.39 is 0 Å². The van der Waals surface area contributed by atoms with E-state index in [9.17, 15) is 9.59 Å². The van der Waals surface area contributed by atoms with Gasteiger partial charge in [0.15, 0.2) is 0 Å². The van der Waals surface area contributed by atoms with E-state index in [0.717, 1.165) is 11.3 Å². The van der Waals surface area contributed by atoms with E-state index in [4.69, 9.17) is 4.74 Å². The molecule has 1 saturated carbocycles. The van der Waals surface area contributed by atoms with Crippen LogP contribution in [0.2, 0.25) is 0 Å². The molecule has 1 aliphatic carbocycles. The van der Waals surface area contributed by atoms with Crippen molar-refractivity contribution in [1.82, 2.24) is 5.32 Å². The molecule has 4 nitrogen and oxygen atoms in total. The number of thiophene rings is 1. The second-order valence-corrected chi connectivity index (χ2v) is 5.62. The summed E-state index contributed by atoms with van der Waals surface area (Å²) < 4.78 is 5.11. The normalized spacial score (nSPS) is 22.0. The van der Waals surface area contributed by atoms with Crippen LogP contribution in [-0.2, 0) is 9.53 Å². The lowest BCUT2D eigenvalue weighted by atomic mass is 10.4. The Kier molecular flexibility index (Phi) is 3.47. The van der Waals surface area contributed by atoms with Gasteiger partial charge >= 0.3 is 5.97 Å². The average Bonchev–Trinajstić information content (AvgIpc) is 2.77. The van der Waals surface area contributed by atoms with Crippen molar-refractivity contribution in [2.75, 3.05) is 6.54 Å². The highest BCUT2D eigenvalue weighted by Gasteiger charge is 2.36. The highest BCUT2D eigenvalue weighted by Crippen LogP contribution is 2.32. The van der Waals surface area contributed by atoms with Gasteiger partial charge in [0.2, 0.25) is 0 Å². The standard InChI is InChI=1S/C12H15NO3S/c1-7-5-9(7)16-11(14)6-13-12(15)10-4-3-8(2)17-10/h3-4,7,9H,5-6H2,1-2H3,(H,13,15)/t7?,9-/m0/s1. The SMILES string of the molecule is Cc1ccc(C(=O)NCC(=O)O[C@H]2CC2C)s1. The molecule has 2 atom stereocenters. The van der Waals surface area contributed by atoms with Gasteiger partial charge in [0, 0.05) is 4.88 Å². The summed E-state index contributed by atoms with van der Waals surface area (Å²) in [6.45, 7) is 3.91. The zero-order chi connectivity index (χ0) is 12.4. The fraction of sp³-hybridized carbons (Fsp3) is 0.500. The first-order chi connectivity index (χ1) is 8.06. The van der Waals surface area contributed by atoms with Gasteiger partial charge in [-0.2, -0.15) is 0 Å². The first-order valence-corrected chi connectivity index (χ1v) is 6.42. The lowest BCUT2D eigenvalue weighted by Crippen LogP contribution is -2.30. The molecule has 1 amide bonds. The van der Waals surface area contributed by atoms with Crippen molar-refractivity contribution in [3.63, 3.8) is 0 Å². The van der Waals surface area contributed by atoms with Crippen LogP contribution < -0.4 is 5.32 Å². The Bertz CT molecular complexity index is 441. The van der Waals surface area contributed by atoms with Gasteiger partial charge in [-0.3, -0.25) is 9.59 Å². The van der Waals surface area contributed by atoms with E-state index in [1.165, 1.54) is 11.3 Å². The lowest BCUT2D eigenvalue weighted by molar-refractivity contribution is -0.144. The number of hydrogen-bond acceptors (Lipinski definition) is 4. The Morgan fingerprint density at radius 1 is 1.53 bits per heavy atom. The Morgan fingerprint density at radius 2 is 2.24 bits per heavy atom. The van der Waals surface area contributed by atoms with Crippen molar-refractivity contribution in [3.8, 4) is 0 Å². The molecule has 1 aromatic heterocycles. The first kappa shape index (κ1) is 12.1. The molecular formula is C12H15NO3S. The summed E-state index contributed by atoms with van der Waals surface area (Å²) in [4.78, 5) is 24.7. The minimum Gasteiger partial charge on any atom is -0.461 e. The number of amides is 1. The van der Waals surface area contributed by atoms with Gasteiger partial charge in [0.25, 0.3) is 5.91 Å². The van der Waals surface area contributed by atoms with E-state index in [1.54, 1.807) is 6.07 Å². The summed E-state index contributed by atoms with van der Waals surface area (Å²) in [5.41, 5.74) is 0. The molecule has 0 bridgehead atoms. The van der Waals surface area contributed by atoms with Crippen LogP contribution in [0.4, 0.5) is 0 Å². The van der Waals surface area contributed by atoms with Crippen LogP contribution >= 0.6 is 11.3 Å². The lowest BCUT2D eigenvalue weighted by Gasteiger charge is -2.04. The van der Waals surface area contributed by atoms with E-state index in [-0.39, 0.29) is 24.5 Å². The molecule has 1 aromatic rings. The van der Waals surface area contributed by atoms with Gasteiger partial charge in [0.05, 0.1) is 4.88 Å². The predicted octanol–water partition coefficient (Wildman–Crippen LogP) is 1.74. The number of hydrogen-bond donors (Lipinski definition) is 1. The quantitative estimate of drug-likeness (QED) is 0.831. The Balaban J connectivity index is 1.74. The van der Waals surface area contributed by atoms with Gasteiger partial charge < -0.3 is 10.1 Å². The van der Waals surface area contributed by atoms with Crippen LogP contribution in [0.15, 0.2) is 12.1 Å². The second kappa shape index (κ2) is 4.87. The molecule has 0 aliphatic heterocycles. The second-order valence-electron chi connectivity index (χ2n) is 4.33. The van der Waals surface area contributed by atoms with Crippen molar-refractivity contribution >= 4 is 23.2 Å². The van der Waals surface area contributed by atoms with Crippen LogP contribution in [0.1, 0.15) is 27.9 Å². The fourth-order valence-corrected chi connectivity index (χ4v) is 2.24. The van der Waals surface area contributed by atoms with E-state index in [0.29, 0.717) is 10.8 Å². The van der Waals surface area contributed by atoms with Gasteiger partial charge in [-0.25, -0.2) is 0 Å². The number of nitrogens with one attached hydrogen (secondary N) is 1. The minimum absolute atomic E-state index is 0.0565. The van der Waals surface area contributed by atoms with Crippen LogP contribution in [0.5, 0.6) is 0 Å². The van der Waals surface area contributed by atoms with Gasteiger partial charge in [-0.15, -0.1) is 11.3 Å². The molecule has 1 fully saturated rings. The number of carbonyl (C=O) groups excluding carboxylic acids is 2. The summed E-state index contributed by atoms with van der Waals surface area (Å²) >= 11 is 1.41. The van der Waals surface area contributed by atoms with Crippen molar-refractivity contribution in [2.45, 2.75) is 26.4 Å². The van der Waals surface area contributed by atoms with Gasteiger partial charge in [-0.05, 0) is 31.4 Å². The molecule has 1 unspecified atom stereocenters. The molecule has 0 radical (unpaired) electrons. The molecule has 1 aliphatic rings. The molecule has 92 valence electrons. The summed E-state index contributed by atoms with van der Waals surface area (Å²) in [6.07, 6.45) is 0.993. The molecule has 5 heteroatoms. The Hall–Kier alpha value is -1.36. The third kappa shape index (κ3) is 3.30. The number of aryl methyl sites for hydroxylation is 1. The Morgan fingerprint density at radius 3 is 2.76 bits per heavy atom. The van der Waals surface area contributed by atoms with E-state index >= 15 is 0 Å². The highest BCUT2D eigenvalue weighted by atomic mass is 32.1. The smallest absolute Gasteiger partial charge is 0.325 e. The van der Waals surface area contributed by atoms with Crippen molar-refractivity contribution in [1.29, 1.82) is 0 Å². The van der Waals surface area contributed by atoms with Crippen LogP contribution in [-0.4, -0.2) is 24.5 Å². The van der Waals surface area contributed by atoms with Crippen molar-refractivity contribution in [3.05, 3.63) is 21.9 Å². The highest BCUT2D eigenvalue weighted by molar-refractivity contribution is 7.13. The number of rotatable bonds is 4. The van der Waals surface area contributed by atoms with Crippen LogP contribution in [0, 0.1) is 12.8 Å². The number of ether oxygens (including phenoxy) is 1. The summed E-state index contributed by atoms with van der Waals surface area (Å²) in [6, 6.07) is 3.63. The molecule has 17 heavy (non-hydrogen) atoms. The number of carbonyl (C=O) groups is 2. The topological polar surface area (TPSA) is 55.4 Å². The minimum atomic E-state index is -0.360. The summed E-state index contributed by atoms with van der Waals surface area (Å²) in [7, 11) is 0. The zero-order valence-corrected chi connectivity index (χ0v) is 10.7. The third-order valence-corrected chi connectivity index (χ3v) is 3.68. The Labute approximate surface area is 104 Å². The number of esters is 1. The monoisotopic (exact) mass is 253 g/mol. The average molecular weight is 253 g/mol. The summed E-state index contributed by atoms with van der Waals surface area (Å²) in [5.74, 6) is -0.112. The fourth-order valence-electron chi connectivity index (χ4n) is 1.46. The van der Waals surface area contributed by atoms with Crippen molar-refractivity contribution < 1.29 is 14.3 Å². The van der Waals surface area contributed by atoms with Gasteiger partial charge in [0.1, 0.15) is 12.6 Å². The predicted molar refractivity (Wildman–Crippen MR) is 65.1 cm³/mol. The van der Waals surface area contributed by atoms with Crippen LogP contribution in [0.25, 0.3) is 0 Å². The first-order valence-electron chi connectivity index (χ1n) is 5.60. The maximum absolute atomic E-state index is 11.6. The molecule has 0 saturated heterocycles. The maximum Gasteiger partial charge on any atom is 0.325 e. The third-order valence-electron chi connectivity index (χ3n) is 2.68. The molecule has 1 N–H and O–H groups in total. The van der Waals surface area contributed by atoms with E-state index in [1.807, 2.05) is 19.9 Å². The molecule has 1 heterocycles. The molecule has 0 aromatic carbocycles.